The van der Waals surface area contributed by atoms with Gasteiger partial charge in [0, 0.05) is 18.6 Å². The Balaban J connectivity index is 2.50. The van der Waals surface area contributed by atoms with Gasteiger partial charge in [-0.1, -0.05) is 6.92 Å². The van der Waals surface area contributed by atoms with Crippen LogP contribution < -0.4 is 0 Å². The molecule has 0 spiro atoms. The highest BCUT2D eigenvalue weighted by atomic mass is 16.7. The number of hydrogen-bond acceptors (Lipinski definition) is 3. The van der Waals surface area contributed by atoms with E-state index in [9.17, 15) is 4.79 Å². The summed E-state index contributed by atoms with van der Waals surface area (Å²) in [7, 11) is 0. The molecule has 1 aliphatic rings. The predicted molar refractivity (Wildman–Crippen MR) is 44.4 cm³/mol. The van der Waals surface area contributed by atoms with Crippen LogP contribution in [0.5, 0.6) is 0 Å². The monoisotopic (exact) mass is 170 g/mol. The molecule has 3 heteroatoms. The van der Waals surface area contributed by atoms with Crippen molar-refractivity contribution in [3.63, 3.8) is 0 Å². The molecule has 2 atom stereocenters. The summed E-state index contributed by atoms with van der Waals surface area (Å²) in [6.07, 6.45) is 2.93. The van der Waals surface area contributed by atoms with Crippen molar-refractivity contribution in [3.05, 3.63) is 11.8 Å². The van der Waals surface area contributed by atoms with Gasteiger partial charge in [-0.3, -0.25) is 4.79 Å². The fraction of sp³-hybridized carbons (Fsp3) is 0.667. The summed E-state index contributed by atoms with van der Waals surface area (Å²) in [5.41, 5.74) is 0.714. The van der Waals surface area contributed by atoms with Crippen molar-refractivity contribution in [2.75, 3.05) is 6.61 Å². The lowest BCUT2D eigenvalue weighted by Crippen LogP contribution is -2.23. The number of allylic oxidation sites excluding steroid dienone is 1. The van der Waals surface area contributed by atoms with Crippen LogP contribution >= 0.6 is 0 Å². The Morgan fingerprint density at radius 1 is 1.83 bits per heavy atom. The summed E-state index contributed by atoms with van der Waals surface area (Å²) in [5.74, 6) is 0.243. The Labute approximate surface area is 72.4 Å². The Hall–Kier alpha value is -0.830. The van der Waals surface area contributed by atoms with Crippen molar-refractivity contribution in [1.29, 1.82) is 0 Å². The molecule has 0 aromatic heterocycles. The van der Waals surface area contributed by atoms with Crippen LogP contribution in [0.1, 0.15) is 20.3 Å². The zero-order chi connectivity index (χ0) is 8.97. The van der Waals surface area contributed by atoms with E-state index in [0.717, 1.165) is 12.7 Å². The first kappa shape index (κ1) is 9.26. The zero-order valence-electron chi connectivity index (χ0n) is 7.45. The van der Waals surface area contributed by atoms with Gasteiger partial charge < -0.3 is 9.47 Å². The third-order valence-electron chi connectivity index (χ3n) is 1.96. The molecule has 0 aromatic rings. The minimum Gasteiger partial charge on any atom is -0.472 e. The molecular formula is C9H14O3. The van der Waals surface area contributed by atoms with Gasteiger partial charge in [-0.05, 0) is 12.8 Å². The Morgan fingerprint density at radius 3 is 3.08 bits per heavy atom. The summed E-state index contributed by atoms with van der Waals surface area (Å²) < 4.78 is 10.4. The van der Waals surface area contributed by atoms with Gasteiger partial charge in [0.15, 0.2) is 6.29 Å². The molecule has 0 amide bonds. The molecule has 68 valence electrons. The van der Waals surface area contributed by atoms with E-state index >= 15 is 0 Å². The fourth-order valence-corrected chi connectivity index (χ4v) is 1.19. The van der Waals surface area contributed by atoms with E-state index in [-0.39, 0.29) is 12.2 Å². The lowest BCUT2D eigenvalue weighted by molar-refractivity contribution is -0.123. The molecular weight excluding hydrogens is 156 g/mol. The average molecular weight is 170 g/mol. The molecule has 0 N–H and O–H groups in total. The Bertz CT molecular complexity index is 186. The number of ether oxygens (including phenoxy) is 2. The lowest BCUT2D eigenvalue weighted by Gasteiger charge is -2.25. The standard InChI is InChI=1S/C9H14O3/c1-3-11-9-4-7(2)8(5-10)6-12-9/h5-7,9H,3-4H2,1-2H3. The second kappa shape index (κ2) is 4.26. The maximum absolute atomic E-state index is 10.4. The van der Waals surface area contributed by atoms with E-state index in [4.69, 9.17) is 9.47 Å². The van der Waals surface area contributed by atoms with Crippen molar-refractivity contribution in [2.45, 2.75) is 26.6 Å². The van der Waals surface area contributed by atoms with Crippen molar-refractivity contribution in [2.24, 2.45) is 5.92 Å². The topological polar surface area (TPSA) is 35.5 Å². The van der Waals surface area contributed by atoms with E-state index in [2.05, 4.69) is 0 Å². The third kappa shape index (κ3) is 2.08. The number of rotatable bonds is 3. The van der Waals surface area contributed by atoms with Crippen LogP contribution in [-0.2, 0) is 14.3 Å². The second-order valence-electron chi connectivity index (χ2n) is 2.89. The van der Waals surface area contributed by atoms with Gasteiger partial charge in [0.1, 0.15) is 6.29 Å². The molecule has 1 rings (SSSR count). The van der Waals surface area contributed by atoms with E-state index in [1.54, 1.807) is 0 Å². The molecule has 1 heterocycles. The predicted octanol–water partition coefficient (Wildman–Crippen LogP) is 1.49. The number of carbonyl (C=O) groups is 1. The minimum atomic E-state index is -0.173. The fourth-order valence-electron chi connectivity index (χ4n) is 1.19. The van der Waals surface area contributed by atoms with Crippen molar-refractivity contribution >= 4 is 6.29 Å². The first-order valence-electron chi connectivity index (χ1n) is 4.20. The smallest absolute Gasteiger partial charge is 0.199 e. The molecule has 1 aliphatic heterocycles. The number of hydrogen-bond donors (Lipinski definition) is 0. The summed E-state index contributed by atoms with van der Waals surface area (Å²) in [6.45, 7) is 4.56. The highest BCUT2D eigenvalue weighted by molar-refractivity contribution is 5.73. The highest BCUT2D eigenvalue weighted by Crippen LogP contribution is 2.22. The normalized spacial score (nSPS) is 29.0. The van der Waals surface area contributed by atoms with E-state index in [1.165, 1.54) is 6.26 Å². The highest BCUT2D eigenvalue weighted by Gasteiger charge is 2.21. The Kier molecular flexibility index (Phi) is 3.29. The summed E-state index contributed by atoms with van der Waals surface area (Å²) >= 11 is 0. The van der Waals surface area contributed by atoms with Crippen LogP contribution in [0.4, 0.5) is 0 Å². The van der Waals surface area contributed by atoms with Crippen molar-refractivity contribution in [1.82, 2.24) is 0 Å². The van der Waals surface area contributed by atoms with E-state index in [1.807, 2.05) is 13.8 Å². The van der Waals surface area contributed by atoms with Gasteiger partial charge in [0.2, 0.25) is 0 Å². The minimum absolute atomic E-state index is 0.173. The summed E-state index contributed by atoms with van der Waals surface area (Å²) in [5, 5.41) is 0. The summed E-state index contributed by atoms with van der Waals surface area (Å²) in [6, 6.07) is 0. The van der Waals surface area contributed by atoms with Crippen LogP contribution in [0.15, 0.2) is 11.8 Å². The van der Waals surface area contributed by atoms with Crippen LogP contribution in [0.25, 0.3) is 0 Å². The maximum atomic E-state index is 10.4. The molecule has 0 radical (unpaired) electrons. The molecule has 0 fully saturated rings. The van der Waals surface area contributed by atoms with Gasteiger partial charge >= 0.3 is 0 Å². The van der Waals surface area contributed by atoms with E-state index < -0.39 is 0 Å². The van der Waals surface area contributed by atoms with Crippen LogP contribution in [-0.4, -0.2) is 19.2 Å². The maximum Gasteiger partial charge on any atom is 0.199 e. The van der Waals surface area contributed by atoms with Crippen LogP contribution in [0.3, 0.4) is 0 Å². The second-order valence-corrected chi connectivity index (χ2v) is 2.89. The zero-order valence-corrected chi connectivity index (χ0v) is 7.45. The van der Waals surface area contributed by atoms with Gasteiger partial charge in [-0.2, -0.15) is 0 Å². The Morgan fingerprint density at radius 2 is 2.58 bits per heavy atom. The first-order chi connectivity index (χ1) is 5.77. The average Bonchev–Trinajstić information content (AvgIpc) is 2.05. The SMILES string of the molecule is CCOC1CC(C)C(C=O)=CO1. The third-order valence-corrected chi connectivity index (χ3v) is 1.96. The first-order valence-corrected chi connectivity index (χ1v) is 4.20. The molecule has 0 aromatic carbocycles. The van der Waals surface area contributed by atoms with Crippen molar-refractivity contribution in [3.8, 4) is 0 Å². The van der Waals surface area contributed by atoms with Crippen LogP contribution in [0, 0.1) is 5.92 Å². The largest absolute Gasteiger partial charge is 0.472 e. The molecule has 0 saturated carbocycles. The van der Waals surface area contributed by atoms with Gasteiger partial charge in [-0.15, -0.1) is 0 Å². The van der Waals surface area contributed by atoms with Gasteiger partial charge in [0.05, 0.1) is 6.26 Å². The number of carbonyl (C=O) groups excluding carboxylic acids is 1. The van der Waals surface area contributed by atoms with Gasteiger partial charge in [0.25, 0.3) is 0 Å². The van der Waals surface area contributed by atoms with Crippen molar-refractivity contribution < 1.29 is 14.3 Å². The molecule has 0 bridgehead atoms. The van der Waals surface area contributed by atoms with Crippen LogP contribution in [0.2, 0.25) is 0 Å². The molecule has 12 heavy (non-hydrogen) atoms. The quantitative estimate of drug-likeness (QED) is 0.602. The molecule has 2 unspecified atom stereocenters. The number of aldehydes is 1. The lowest BCUT2D eigenvalue weighted by atomic mass is 9.98. The summed E-state index contributed by atoms with van der Waals surface area (Å²) in [4.78, 5) is 10.4. The van der Waals surface area contributed by atoms with Gasteiger partial charge in [-0.25, -0.2) is 0 Å². The molecule has 0 aliphatic carbocycles. The molecule has 3 nitrogen and oxygen atoms in total. The molecule has 0 saturated heterocycles. The van der Waals surface area contributed by atoms with E-state index in [0.29, 0.717) is 12.2 Å².